The normalized spacial score (nSPS) is 27.7. The van der Waals surface area contributed by atoms with Crippen LogP contribution >= 0.6 is 0 Å². The maximum Gasteiger partial charge on any atom is 0.320 e. The largest absolute Gasteiger partial charge is 0.480 e. The van der Waals surface area contributed by atoms with E-state index in [9.17, 15) is 4.79 Å². The SMILES string of the molecule is CCCC1CC1NC(C(=O)O)C(C)C. The lowest BCUT2D eigenvalue weighted by Gasteiger charge is -2.17. The van der Waals surface area contributed by atoms with E-state index in [0.717, 1.165) is 12.3 Å². The predicted octanol–water partition coefficient (Wildman–Crippen LogP) is 1.87. The highest BCUT2D eigenvalue weighted by Crippen LogP contribution is 2.35. The molecule has 1 fully saturated rings. The van der Waals surface area contributed by atoms with Gasteiger partial charge >= 0.3 is 5.97 Å². The van der Waals surface area contributed by atoms with Crippen LogP contribution in [0.15, 0.2) is 0 Å². The molecule has 0 saturated heterocycles. The van der Waals surface area contributed by atoms with Gasteiger partial charge in [0, 0.05) is 6.04 Å². The van der Waals surface area contributed by atoms with Gasteiger partial charge < -0.3 is 10.4 Å². The molecule has 0 spiro atoms. The molecule has 82 valence electrons. The Balaban J connectivity index is 2.32. The molecule has 0 aromatic heterocycles. The summed E-state index contributed by atoms with van der Waals surface area (Å²) in [5, 5.41) is 12.2. The van der Waals surface area contributed by atoms with E-state index < -0.39 is 5.97 Å². The molecule has 3 nitrogen and oxygen atoms in total. The van der Waals surface area contributed by atoms with Crippen LogP contribution in [0.1, 0.15) is 40.0 Å². The third kappa shape index (κ3) is 2.98. The molecule has 3 unspecified atom stereocenters. The van der Waals surface area contributed by atoms with Crippen molar-refractivity contribution in [3.63, 3.8) is 0 Å². The molecule has 0 heterocycles. The van der Waals surface area contributed by atoms with Gasteiger partial charge in [0.05, 0.1) is 0 Å². The molecule has 0 bridgehead atoms. The summed E-state index contributed by atoms with van der Waals surface area (Å²) < 4.78 is 0. The third-order valence-corrected chi connectivity index (χ3v) is 2.91. The van der Waals surface area contributed by atoms with E-state index in [-0.39, 0.29) is 12.0 Å². The molecule has 0 aromatic rings. The van der Waals surface area contributed by atoms with Crippen molar-refractivity contribution >= 4 is 5.97 Å². The number of nitrogens with one attached hydrogen (secondary N) is 1. The van der Waals surface area contributed by atoms with Crippen LogP contribution in [0.2, 0.25) is 0 Å². The van der Waals surface area contributed by atoms with E-state index in [4.69, 9.17) is 5.11 Å². The number of carbonyl (C=O) groups is 1. The number of hydrogen-bond acceptors (Lipinski definition) is 2. The molecular formula is C11H21NO2. The number of hydrogen-bond donors (Lipinski definition) is 2. The van der Waals surface area contributed by atoms with Gasteiger partial charge in [-0.25, -0.2) is 0 Å². The summed E-state index contributed by atoms with van der Waals surface area (Å²) in [6.07, 6.45) is 3.58. The fourth-order valence-corrected chi connectivity index (χ4v) is 1.92. The topological polar surface area (TPSA) is 49.3 Å². The van der Waals surface area contributed by atoms with Gasteiger partial charge in [-0.2, -0.15) is 0 Å². The van der Waals surface area contributed by atoms with Crippen LogP contribution in [0.4, 0.5) is 0 Å². The zero-order chi connectivity index (χ0) is 10.7. The molecule has 1 rings (SSSR count). The lowest BCUT2D eigenvalue weighted by Crippen LogP contribution is -2.42. The highest BCUT2D eigenvalue weighted by atomic mass is 16.4. The smallest absolute Gasteiger partial charge is 0.320 e. The predicted molar refractivity (Wildman–Crippen MR) is 56.2 cm³/mol. The van der Waals surface area contributed by atoms with Gasteiger partial charge in [-0.15, -0.1) is 0 Å². The van der Waals surface area contributed by atoms with Gasteiger partial charge in [0.15, 0.2) is 0 Å². The first-order chi connectivity index (χ1) is 6.56. The summed E-state index contributed by atoms with van der Waals surface area (Å²) in [4.78, 5) is 10.9. The van der Waals surface area contributed by atoms with Crippen molar-refractivity contribution < 1.29 is 9.90 Å². The lowest BCUT2D eigenvalue weighted by atomic mass is 10.0. The van der Waals surface area contributed by atoms with Crippen LogP contribution < -0.4 is 5.32 Å². The van der Waals surface area contributed by atoms with E-state index in [1.165, 1.54) is 12.8 Å². The number of carboxylic acid groups (broad SMARTS) is 1. The molecule has 3 atom stereocenters. The monoisotopic (exact) mass is 199 g/mol. The van der Waals surface area contributed by atoms with Crippen LogP contribution in [-0.4, -0.2) is 23.2 Å². The molecule has 1 saturated carbocycles. The molecule has 1 aliphatic rings. The minimum atomic E-state index is -0.720. The van der Waals surface area contributed by atoms with Crippen molar-refractivity contribution in [1.82, 2.24) is 5.32 Å². The molecule has 0 amide bonds. The van der Waals surface area contributed by atoms with Crippen LogP contribution in [0, 0.1) is 11.8 Å². The van der Waals surface area contributed by atoms with Crippen LogP contribution in [0.5, 0.6) is 0 Å². The average molecular weight is 199 g/mol. The minimum Gasteiger partial charge on any atom is -0.480 e. The first kappa shape index (κ1) is 11.5. The Bertz CT molecular complexity index is 203. The summed E-state index contributed by atoms with van der Waals surface area (Å²) in [5.74, 6) is 0.165. The van der Waals surface area contributed by atoms with Gasteiger partial charge in [-0.3, -0.25) is 4.79 Å². The van der Waals surface area contributed by atoms with E-state index >= 15 is 0 Å². The number of rotatable bonds is 6. The summed E-state index contributed by atoms with van der Waals surface area (Å²) in [7, 11) is 0. The Kier molecular flexibility index (Phi) is 3.93. The second kappa shape index (κ2) is 4.78. The van der Waals surface area contributed by atoms with Crippen molar-refractivity contribution in [2.45, 2.75) is 52.1 Å². The van der Waals surface area contributed by atoms with Crippen LogP contribution in [0.25, 0.3) is 0 Å². The van der Waals surface area contributed by atoms with E-state index in [1.54, 1.807) is 0 Å². The Hall–Kier alpha value is -0.570. The van der Waals surface area contributed by atoms with Crippen molar-refractivity contribution in [3.05, 3.63) is 0 Å². The zero-order valence-corrected chi connectivity index (χ0v) is 9.29. The Labute approximate surface area is 85.9 Å². The second-order valence-corrected chi connectivity index (χ2v) is 4.62. The highest BCUT2D eigenvalue weighted by molar-refractivity contribution is 5.73. The van der Waals surface area contributed by atoms with Crippen molar-refractivity contribution in [1.29, 1.82) is 0 Å². The summed E-state index contributed by atoms with van der Waals surface area (Å²) in [5.41, 5.74) is 0. The summed E-state index contributed by atoms with van der Waals surface area (Å²) >= 11 is 0. The standard InChI is InChI=1S/C11H21NO2/c1-4-5-8-6-9(8)12-10(7(2)3)11(13)14/h7-10,12H,4-6H2,1-3H3,(H,13,14). The fraction of sp³-hybridized carbons (Fsp3) is 0.909. The van der Waals surface area contributed by atoms with Gasteiger partial charge in [0.2, 0.25) is 0 Å². The van der Waals surface area contributed by atoms with Crippen LogP contribution in [0.3, 0.4) is 0 Å². The number of aliphatic carboxylic acids is 1. The van der Waals surface area contributed by atoms with Gasteiger partial charge in [0.25, 0.3) is 0 Å². The van der Waals surface area contributed by atoms with Gasteiger partial charge in [-0.1, -0.05) is 27.2 Å². The fourth-order valence-electron chi connectivity index (χ4n) is 1.92. The molecule has 2 N–H and O–H groups in total. The Morgan fingerprint density at radius 1 is 1.57 bits per heavy atom. The molecule has 14 heavy (non-hydrogen) atoms. The molecule has 0 radical (unpaired) electrons. The molecule has 3 heteroatoms. The Morgan fingerprint density at radius 2 is 2.21 bits per heavy atom. The van der Waals surface area contributed by atoms with Crippen molar-refractivity contribution in [2.24, 2.45) is 11.8 Å². The average Bonchev–Trinajstić information content (AvgIpc) is 2.79. The van der Waals surface area contributed by atoms with Crippen molar-refractivity contribution in [2.75, 3.05) is 0 Å². The molecule has 1 aliphatic carbocycles. The van der Waals surface area contributed by atoms with Gasteiger partial charge in [0.1, 0.15) is 6.04 Å². The zero-order valence-electron chi connectivity index (χ0n) is 9.29. The summed E-state index contributed by atoms with van der Waals surface area (Å²) in [6.45, 7) is 6.07. The molecule has 0 aromatic carbocycles. The van der Waals surface area contributed by atoms with E-state index in [0.29, 0.717) is 6.04 Å². The lowest BCUT2D eigenvalue weighted by molar-refractivity contribution is -0.140. The van der Waals surface area contributed by atoms with E-state index in [1.807, 2.05) is 13.8 Å². The van der Waals surface area contributed by atoms with E-state index in [2.05, 4.69) is 12.2 Å². The third-order valence-electron chi connectivity index (χ3n) is 2.91. The first-order valence-electron chi connectivity index (χ1n) is 5.55. The van der Waals surface area contributed by atoms with Crippen molar-refractivity contribution in [3.8, 4) is 0 Å². The maximum atomic E-state index is 10.9. The quantitative estimate of drug-likeness (QED) is 0.686. The second-order valence-electron chi connectivity index (χ2n) is 4.62. The highest BCUT2D eigenvalue weighted by Gasteiger charge is 2.39. The first-order valence-corrected chi connectivity index (χ1v) is 5.55. The minimum absolute atomic E-state index is 0.162. The molecular weight excluding hydrogens is 178 g/mol. The molecule has 0 aliphatic heterocycles. The Morgan fingerprint density at radius 3 is 2.64 bits per heavy atom. The summed E-state index contributed by atoms with van der Waals surface area (Å²) in [6, 6.07) is 0.0836. The van der Waals surface area contributed by atoms with Gasteiger partial charge in [-0.05, 0) is 24.7 Å². The maximum absolute atomic E-state index is 10.9. The number of carboxylic acids is 1. The van der Waals surface area contributed by atoms with Crippen LogP contribution in [-0.2, 0) is 4.79 Å².